The third-order valence-electron chi connectivity index (χ3n) is 8.24. The van der Waals surface area contributed by atoms with Gasteiger partial charge in [-0.05, 0) is 60.7 Å². The van der Waals surface area contributed by atoms with Crippen LogP contribution in [0.1, 0.15) is 55.0 Å². The number of sulfonamides is 1. The minimum atomic E-state index is -3.34. The standard InChI is InChI=1S/C31H35Cl2N3O4S/c1-3-27(20-35-15-6-16-41(35,38)39)36-30(21-11-13-24(32)14-12-21)28(22-7-4-8-25(33)17-22)19-23(31(36)37)18-26-9-5-10-29(34-26)40-2/h4-5,7-14,17,23,27-28,30H,3,6,15-16,18-20H2,1-2H3/t23-,27-,28+,30+/m0/s1. The molecule has 0 spiro atoms. The zero-order valence-electron chi connectivity index (χ0n) is 23.2. The lowest BCUT2D eigenvalue weighted by atomic mass is 9.74. The van der Waals surface area contributed by atoms with Crippen molar-refractivity contribution in [2.45, 2.75) is 50.6 Å². The lowest BCUT2D eigenvalue weighted by Crippen LogP contribution is -2.55. The topological polar surface area (TPSA) is 79.8 Å². The Bertz CT molecular complexity index is 1480. The number of carbonyl (C=O) groups is 1. The van der Waals surface area contributed by atoms with Crippen LogP contribution in [0.3, 0.4) is 0 Å². The second-order valence-corrected chi connectivity index (χ2v) is 13.8. The van der Waals surface area contributed by atoms with Gasteiger partial charge in [0.05, 0.1) is 18.9 Å². The molecule has 5 rings (SSSR count). The molecule has 2 aliphatic heterocycles. The minimum absolute atomic E-state index is 0.00343. The van der Waals surface area contributed by atoms with E-state index in [9.17, 15) is 13.2 Å². The molecule has 0 unspecified atom stereocenters. The number of nitrogens with zero attached hydrogens (tertiary/aromatic N) is 3. The second-order valence-electron chi connectivity index (χ2n) is 10.8. The lowest BCUT2D eigenvalue weighted by molar-refractivity contribution is -0.147. The molecular weight excluding hydrogens is 581 g/mol. The monoisotopic (exact) mass is 615 g/mol. The van der Waals surface area contributed by atoms with Crippen molar-refractivity contribution in [1.82, 2.24) is 14.2 Å². The molecule has 0 aliphatic carbocycles. The maximum atomic E-state index is 14.6. The quantitative estimate of drug-likeness (QED) is 0.289. The number of piperidine rings is 1. The number of rotatable bonds is 9. The Balaban J connectivity index is 1.61. The van der Waals surface area contributed by atoms with E-state index < -0.39 is 10.0 Å². The van der Waals surface area contributed by atoms with Crippen LogP contribution in [0.15, 0.2) is 66.7 Å². The van der Waals surface area contributed by atoms with E-state index in [1.807, 2.05) is 66.4 Å². The Labute approximate surface area is 252 Å². The van der Waals surface area contributed by atoms with Crippen LogP contribution in [-0.4, -0.2) is 60.5 Å². The molecule has 1 amide bonds. The molecule has 3 aromatic rings. The van der Waals surface area contributed by atoms with Gasteiger partial charge < -0.3 is 9.64 Å². The molecule has 10 heteroatoms. The van der Waals surface area contributed by atoms with Gasteiger partial charge in [0.1, 0.15) is 0 Å². The summed E-state index contributed by atoms with van der Waals surface area (Å²) < 4.78 is 32.5. The molecule has 218 valence electrons. The summed E-state index contributed by atoms with van der Waals surface area (Å²) in [4.78, 5) is 21.1. The summed E-state index contributed by atoms with van der Waals surface area (Å²) in [6.07, 6.45) is 2.23. The lowest BCUT2D eigenvalue weighted by Gasteiger charge is -2.49. The van der Waals surface area contributed by atoms with Crippen molar-refractivity contribution >= 4 is 39.1 Å². The Hall–Kier alpha value is -2.65. The molecule has 0 bridgehead atoms. The maximum Gasteiger partial charge on any atom is 0.226 e. The van der Waals surface area contributed by atoms with Gasteiger partial charge in [0.25, 0.3) is 0 Å². The number of pyridine rings is 1. The van der Waals surface area contributed by atoms with Gasteiger partial charge in [-0.1, -0.05) is 60.5 Å². The molecule has 0 saturated carbocycles. The molecule has 1 aromatic heterocycles. The van der Waals surface area contributed by atoms with Crippen LogP contribution in [0.4, 0.5) is 0 Å². The third kappa shape index (κ3) is 6.56. The summed E-state index contributed by atoms with van der Waals surface area (Å²) in [7, 11) is -1.77. The Morgan fingerprint density at radius 1 is 1.02 bits per heavy atom. The predicted molar refractivity (Wildman–Crippen MR) is 162 cm³/mol. The van der Waals surface area contributed by atoms with E-state index in [2.05, 4.69) is 11.1 Å². The van der Waals surface area contributed by atoms with Gasteiger partial charge in [-0.15, -0.1) is 0 Å². The van der Waals surface area contributed by atoms with Gasteiger partial charge in [0.15, 0.2) is 0 Å². The maximum absolute atomic E-state index is 14.6. The molecule has 0 radical (unpaired) electrons. The highest BCUT2D eigenvalue weighted by atomic mass is 35.5. The number of likely N-dealkylation sites (tertiary alicyclic amines) is 1. The first kappa shape index (κ1) is 29.8. The van der Waals surface area contributed by atoms with E-state index in [1.54, 1.807) is 17.5 Å². The van der Waals surface area contributed by atoms with Gasteiger partial charge in [-0.3, -0.25) is 4.79 Å². The van der Waals surface area contributed by atoms with Crippen molar-refractivity contribution in [1.29, 1.82) is 0 Å². The SMILES string of the molecule is CC[C@@H](CN1CCCS1(=O)=O)N1C(=O)[C@@H](Cc2cccc(OC)n2)C[C@H](c2cccc(Cl)c2)[C@H]1c1ccc(Cl)cc1. The number of carbonyl (C=O) groups excluding carboxylic acids is 1. The van der Waals surface area contributed by atoms with Gasteiger partial charge in [0.2, 0.25) is 21.8 Å². The van der Waals surface area contributed by atoms with Crippen molar-refractivity contribution in [2.24, 2.45) is 5.92 Å². The van der Waals surface area contributed by atoms with Crippen LogP contribution >= 0.6 is 23.2 Å². The average Bonchev–Trinajstić information content (AvgIpc) is 3.30. The van der Waals surface area contributed by atoms with E-state index in [0.717, 1.165) is 16.8 Å². The Kier molecular flexibility index (Phi) is 9.24. The van der Waals surface area contributed by atoms with Crippen LogP contribution in [0.25, 0.3) is 0 Å². The van der Waals surface area contributed by atoms with E-state index in [1.165, 1.54) is 0 Å². The Morgan fingerprint density at radius 2 is 1.78 bits per heavy atom. The third-order valence-corrected chi connectivity index (χ3v) is 10.6. The molecular formula is C31H35Cl2N3O4S. The summed E-state index contributed by atoms with van der Waals surface area (Å²) in [5.41, 5.74) is 2.75. The van der Waals surface area contributed by atoms with Crippen molar-refractivity contribution in [3.63, 3.8) is 0 Å². The van der Waals surface area contributed by atoms with Gasteiger partial charge in [0, 0.05) is 59.2 Å². The molecule has 3 heterocycles. The average molecular weight is 617 g/mol. The molecule has 41 heavy (non-hydrogen) atoms. The number of aromatic nitrogens is 1. The van der Waals surface area contributed by atoms with Crippen LogP contribution in [0.5, 0.6) is 5.88 Å². The summed E-state index contributed by atoms with van der Waals surface area (Å²) in [5, 5.41) is 1.24. The zero-order valence-corrected chi connectivity index (χ0v) is 25.6. The number of methoxy groups -OCH3 is 1. The molecule has 2 aliphatic rings. The van der Waals surface area contributed by atoms with E-state index in [4.69, 9.17) is 27.9 Å². The smallest absolute Gasteiger partial charge is 0.226 e. The predicted octanol–water partition coefficient (Wildman–Crippen LogP) is 6.13. The number of hydrogen-bond donors (Lipinski definition) is 0. The van der Waals surface area contributed by atoms with Crippen LogP contribution in [0, 0.1) is 5.92 Å². The first-order chi connectivity index (χ1) is 19.7. The minimum Gasteiger partial charge on any atom is -0.481 e. The van der Waals surface area contributed by atoms with Crippen LogP contribution < -0.4 is 4.74 Å². The van der Waals surface area contributed by atoms with Crippen molar-refractivity contribution in [3.8, 4) is 5.88 Å². The summed E-state index contributed by atoms with van der Waals surface area (Å²) in [6.45, 7) is 2.75. The number of benzene rings is 2. The number of amides is 1. The molecule has 0 N–H and O–H groups in total. The first-order valence-electron chi connectivity index (χ1n) is 14.0. The first-order valence-corrected chi connectivity index (χ1v) is 16.4. The molecule has 2 saturated heterocycles. The largest absolute Gasteiger partial charge is 0.481 e. The van der Waals surface area contributed by atoms with Gasteiger partial charge in [-0.25, -0.2) is 13.4 Å². The van der Waals surface area contributed by atoms with Gasteiger partial charge >= 0.3 is 0 Å². The number of ether oxygens (including phenoxy) is 1. The van der Waals surface area contributed by atoms with E-state index >= 15 is 0 Å². The van der Waals surface area contributed by atoms with E-state index in [0.29, 0.717) is 48.2 Å². The fourth-order valence-electron chi connectivity index (χ4n) is 6.25. The summed E-state index contributed by atoms with van der Waals surface area (Å²) in [6, 6.07) is 20.3. The molecule has 2 fully saturated rings. The highest BCUT2D eigenvalue weighted by molar-refractivity contribution is 7.89. The van der Waals surface area contributed by atoms with Crippen molar-refractivity contribution in [2.75, 3.05) is 26.0 Å². The van der Waals surface area contributed by atoms with E-state index in [-0.39, 0.29) is 42.1 Å². The highest BCUT2D eigenvalue weighted by Crippen LogP contribution is 2.47. The van der Waals surface area contributed by atoms with Gasteiger partial charge in [-0.2, -0.15) is 4.31 Å². The summed E-state index contributed by atoms with van der Waals surface area (Å²) in [5.74, 6) is 0.182. The van der Waals surface area contributed by atoms with Crippen LogP contribution in [-0.2, 0) is 21.2 Å². The zero-order chi connectivity index (χ0) is 29.1. The Morgan fingerprint density at radius 3 is 2.44 bits per heavy atom. The molecule has 4 atom stereocenters. The number of hydrogen-bond acceptors (Lipinski definition) is 5. The molecule has 2 aromatic carbocycles. The highest BCUT2D eigenvalue weighted by Gasteiger charge is 2.46. The molecule has 7 nitrogen and oxygen atoms in total. The van der Waals surface area contributed by atoms with Crippen LogP contribution in [0.2, 0.25) is 10.0 Å². The fourth-order valence-corrected chi connectivity index (χ4v) is 8.13. The summed E-state index contributed by atoms with van der Waals surface area (Å²) >= 11 is 12.8. The van der Waals surface area contributed by atoms with Crippen molar-refractivity contribution in [3.05, 3.63) is 93.6 Å². The van der Waals surface area contributed by atoms with Crippen molar-refractivity contribution < 1.29 is 17.9 Å². The number of halogens is 2. The fraction of sp³-hybridized carbons (Fsp3) is 0.419. The second kappa shape index (κ2) is 12.7. The normalized spacial score (nSPS) is 23.5.